The summed E-state index contributed by atoms with van der Waals surface area (Å²) in [5.74, 6) is 0.690. The van der Waals surface area contributed by atoms with E-state index in [4.69, 9.17) is 0 Å². The molecule has 2 rings (SSSR count). The fraction of sp³-hybridized carbons (Fsp3) is 1.00. The highest BCUT2D eigenvalue weighted by molar-refractivity contribution is 4.99. The van der Waals surface area contributed by atoms with Gasteiger partial charge in [-0.2, -0.15) is 0 Å². The predicted molar refractivity (Wildman–Crippen MR) is 79.3 cm³/mol. The van der Waals surface area contributed by atoms with Crippen LogP contribution in [0, 0.1) is 5.92 Å². The number of nitrogens with zero attached hydrogens (tertiary/aromatic N) is 1. The molecule has 2 nitrogen and oxygen atoms in total. The van der Waals surface area contributed by atoms with Crippen LogP contribution < -0.4 is 5.32 Å². The number of hydrogen-bond acceptors (Lipinski definition) is 2. The number of halogens is 2. The van der Waals surface area contributed by atoms with E-state index in [1.54, 1.807) is 0 Å². The standard InChI is InChI=1S/C16H30F2N2/c1-3-16(4-2)12-19-14(10-20(16)11-15(17)18)13-8-6-5-7-9-13/h13-15,19H,3-12H2,1-2H3. The van der Waals surface area contributed by atoms with Crippen LogP contribution in [0.5, 0.6) is 0 Å². The zero-order valence-corrected chi connectivity index (χ0v) is 13.0. The van der Waals surface area contributed by atoms with Gasteiger partial charge in [-0.3, -0.25) is 4.90 Å². The Bertz CT molecular complexity index is 286. The average molecular weight is 288 g/mol. The van der Waals surface area contributed by atoms with Gasteiger partial charge in [0.25, 0.3) is 6.43 Å². The highest BCUT2D eigenvalue weighted by atomic mass is 19.3. The molecule has 1 atom stereocenters. The molecule has 0 aromatic heterocycles. The van der Waals surface area contributed by atoms with Gasteiger partial charge < -0.3 is 5.32 Å². The quantitative estimate of drug-likeness (QED) is 0.830. The topological polar surface area (TPSA) is 15.3 Å². The maximum Gasteiger partial charge on any atom is 0.251 e. The first-order valence-corrected chi connectivity index (χ1v) is 8.38. The van der Waals surface area contributed by atoms with Crippen molar-refractivity contribution in [1.82, 2.24) is 10.2 Å². The first kappa shape index (κ1) is 16.2. The van der Waals surface area contributed by atoms with Gasteiger partial charge in [0.2, 0.25) is 0 Å². The summed E-state index contributed by atoms with van der Waals surface area (Å²) < 4.78 is 25.9. The molecule has 1 aliphatic heterocycles. The van der Waals surface area contributed by atoms with Crippen molar-refractivity contribution >= 4 is 0 Å². The molecule has 0 aromatic rings. The molecule has 118 valence electrons. The molecule has 1 aliphatic carbocycles. The fourth-order valence-corrected chi connectivity index (χ4v) is 4.16. The summed E-state index contributed by atoms with van der Waals surface area (Å²) >= 11 is 0. The zero-order valence-electron chi connectivity index (χ0n) is 13.0. The van der Waals surface area contributed by atoms with Gasteiger partial charge in [-0.15, -0.1) is 0 Å². The zero-order chi connectivity index (χ0) is 14.6. The molecule has 0 amide bonds. The first-order chi connectivity index (χ1) is 9.61. The largest absolute Gasteiger partial charge is 0.311 e. The Morgan fingerprint density at radius 1 is 1.15 bits per heavy atom. The van der Waals surface area contributed by atoms with Gasteiger partial charge in [-0.25, -0.2) is 8.78 Å². The average Bonchev–Trinajstić information content (AvgIpc) is 2.48. The molecule has 0 spiro atoms. The Hall–Kier alpha value is -0.220. The van der Waals surface area contributed by atoms with E-state index in [1.807, 2.05) is 0 Å². The number of nitrogens with one attached hydrogen (secondary N) is 1. The molecule has 1 saturated heterocycles. The number of piperazine rings is 1. The van der Waals surface area contributed by atoms with Crippen LogP contribution in [0.4, 0.5) is 8.78 Å². The Kier molecular flexibility index (Phi) is 5.79. The molecule has 4 heteroatoms. The van der Waals surface area contributed by atoms with Crippen molar-refractivity contribution in [3.8, 4) is 0 Å². The summed E-state index contributed by atoms with van der Waals surface area (Å²) in [6.07, 6.45) is 6.17. The van der Waals surface area contributed by atoms with Crippen LogP contribution in [0.2, 0.25) is 0 Å². The maximum absolute atomic E-state index is 12.9. The lowest BCUT2D eigenvalue weighted by Crippen LogP contribution is -2.66. The van der Waals surface area contributed by atoms with E-state index in [2.05, 4.69) is 24.1 Å². The lowest BCUT2D eigenvalue weighted by molar-refractivity contribution is -0.0249. The van der Waals surface area contributed by atoms with E-state index in [9.17, 15) is 8.78 Å². The molecule has 0 radical (unpaired) electrons. The van der Waals surface area contributed by atoms with Gasteiger partial charge in [0.1, 0.15) is 0 Å². The smallest absolute Gasteiger partial charge is 0.251 e. The van der Waals surface area contributed by atoms with Crippen molar-refractivity contribution in [3.05, 3.63) is 0 Å². The van der Waals surface area contributed by atoms with Crippen molar-refractivity contribution < 1.29 is 8.78 Å². The molecule has 1 unspecified atom stereocenters. The molecule has 2 fully saturated rings. The molecular weight excluding hydrogens is 258 g/mol. The van der Waals surface area contributed by atoms with Gasteiger partial charge in [0.15, 0.2) is 0 Å². The van der Waals surface area contributed by atoms with Crippen LogP contribution in [-0.2, 0) is 0 Å². The minimum Gasteiger partial charge on any atom is -0.311 e. The molecule has 1 N–H and O–H groups in total. The highest BCUT2D eigenvalue weighted by Gasteiger charge is 2.41. The van der Waals surface area contributed by atoms with E-state index in [0.717, 1.165) is 25.9 Å². The summed E-state index contributed by atoms with van der Waals surface area (Å²) in [7, 11) is 0. The molecule has 20 heavy (non-hydrogen) atoms. The molecule has 0 bridgehead atoms. The Morgan fingerprint density at radius 3 is 2.35 bits per heavy atom. The van der Waals surface area contributed by atoms with Crippen molar-refractivity contribution in [1.29, 1.82) is 0 Å². The van der Waals surface area contributed by atoms with E-state index in [-0.39, 0.29) is 12.1 Å². The molecule has 1 saturated carbocycles. The summed E-state index contributed by atoms with van der Waals surface area (Å²) in [6, 6.07) is 0.417. The maximum atomic E-state index is 12.9. The van der Waals surface area contributed by atoms with Gasteiger partial charge >= 0.3 is 0 Å². The lowest BCUT2D eigenvalue weighted by atomic mass is 9.79. The van der Waals surface area contributed by atoms with Crippen LogP contribution in [0.15, 0.2) is 0 Å². The van der Waals surface area contributed by atoms with Crippen molar-refractivity contribution in [3.63, 3.8) is 0 Å². The number of hydrogen-bond donors (Lipinski definition) is 1. The Balaban J connectivity index is 2.04. The van der Waals surface area contributed by atoms with E-state index in [1.165, 1.54) is 32.1 Å². The second kappa shape index (κ2) is 7.17. The molecule has 1 heterocycles. The van der Waals surface area contributed by atoms with Crippen molar-refractivity contribution in [2.24, 2.45) is 5.92 Å². The van der Waals surface area contributed by atoms with Gasteiger partial charge in [0, 0.05) is 24.7 Å². The monoisotopic (exact) mass is 288 g/mol. The third-order valence-electron chi connectivity index (χ3n) is 5.67. The van der Waals surface area contributed by atoms with Crippen LogP contribution in [-0.4, -0.2) is 42.5 Å². The van der Waals surface area contributed by atoms with Crippen molar-refractivity contribution in [2.75, 3.05) is 19.6 Å². The predicted octanol–water partition coefficient (Wildman–Crippen LogP) is 3.66. The van der Waals surface area contributed by atoms with Gasteiger partial charge in [-0.05, 0) is 31.6 Å². The number of alkyl halides is 2. The first-order valence-electron chi connectivity index (χ1n) is 8.38. The summed E-state index contributed by atoms with van der Waals surface area (Å²) in [5.41, 5.74) is -0.0679. The van der Waals surface area contributed by atoms with Crippen LogP contribution in [0.1, 0.15) is 58.8 Å². The second-order valence-electron chi connectivity index (χ2n) is 6.61. The summed E-state index contributed by atoms with van der Waals surface area (Å²) in [4.78, 5) is 2.09. The number of rotatable bonds is 5. The van der Waals surface area contributed by atoms with Crippen LogP contribution in [0.25, 0.3) is 0 Å². The minimum atomic E-state index is -2.22. The van der Waals surface area contributed by atoms with Gasteiger partial charge in [-0.1, -0.05) is 33.1 Å². The summed E-state index contributed by atoms with van der Waals surface area (Å²) in [5, 5.41) is 3.70. The Labute approximate surface area is 122 Å². The Morgan fingerprint density at radius 2 is 1.80 bits per heavy atom. The normalized spacial score (nSPS) is 28.9. The van der Waals surface area contributed by atoms with E-state index in [0.29, 0.717) is 12.0 Å². The highest BCUT2D eigenvalue weighted by Crippen LogP contribution is 2.33. The lowest BCUT2D eigenvalue weighted by Gasteiger charge is -2.51. The van der Waals surface area contributed by atoms with E-state index < -0.39 is 6.43 Å². The molecule has 2 aliphatic rings. The minimum absolute atomic E-state index is 0.0629. The van der Waals surface area contributed by atoms with Gasteiger partial charge in [0.05, 0.1) is 6.54 Å². The fourth-order valence-electron chi connectivity index (χ4n) is 4.16. The van der Waals surface area contributed by atoms with Crippen molar-refractivity contribution in [2.45, 2.75) is 76.8 Å². The third-order valence-corrected chi connectivity index (χ3v) is 5.67. The SMILES string of the molecule is CCC1(CC)CNC(C2CCCCC2)CN1CC(F)F. The molecule has 0 aromatic carbocycles. The molecular formula is C16H30F2N2. The van der Waals surface area contributed by atoms with Crippen LogP contribution >= 0.6 is 0 Å². The third kappa shape index (κ3) is 3.51. The van der Waals surface area contributed by atoms with E-state index >= 15 is 0 Å². The summed E-state index contributed by atoms with van der Waals surface area (Å²) in [6.45, 7) is 5.87. The second-order valence-corrected chi connectivity index (χ2v) is 6.61. The van der Waals surface area contributed by atoms with Crippen LogP contribution in [0.3, 0.4) is 0 Å².